The highest BCUT2D eigenvalue weighted by molar-refractivity contribution is 6.09. The van der Waals surface area contributed by atoms with Gasteiger partial charge in [-0.3, -0.25) is 9.59 Å². The lowest BCUT2D eigenvalue weighted by Crippen LogP contribution is -2.21. The summed E-state index contributed by atoms with van der Waals surface area (Å²) in [7, 11) is 3.36. The number of carbonyl (C=O) groups is 2. The zero-order chi connectivity index (χ0) is 21.0. The molecule has 1 aromatic carbocycles. The van der Waals surface area contributed by atoms with E-state index < -0.39 is 5.91 Å². The van der Waals surface area contributed by atoms with Gasteiger partial charge in [-0.2, -0.15) is 5.26 Å². The molecule has 0 radical (unpaired) electrons. The van der Waals surface area contributed by atoms with Gasteiger partial charge in [0.25, 0.3) is 11.8 Å². The molecule has 1 aromatic heterocycles. The van der Waals surface area contributed by atoms with Gasteiger partial charge in [-0.1, -0.05) is 0 Å². The van der Waals surface area contributed by atoms with Crippen LogP contribution in [0.25, 0.3) is 6.08 Å². The normalized spacial score (nSPS) is 11.3. The smallest absolute Gasteiger partial charge is 0.266 e. The SMILES string of the molecule is Cc1cc(/C=C(\C#N)C(=O)Nc2ccc(C(=O)N(C)C)cc2)c(C)n1C(C)C. The second kappa shape index (κ2) is 8.57. The first-order chi connectivity index (χ1) is 13.1. The quantitative estimate of drug-likeness (QED) is 0.632. The number of anilines is 1. The van der Waals surface area contributed by atoms with Crippen molar-refractivity contribution in [3.63, 3.8) is 0 Å². The molecule has 2 aromatic rings. The Kier molecular flexibility index (Phi) is 6.42. The van der Waals surface area contributed by atoms with E-state index in [0.717, 1.165) is 17.0 Å². The average molecular weight is 378 g/mol. The summed E-state index contributed by atoms with van der Waals surface area (Å²) in [4.78, 5) is 25.9. The second-order valence-corrected chi connectivity index (χ2v) is 7.19. The summed E-state index contributed by atoms with van der Waals surface area (Å²) in [5.74, 6) is -0.598. The van der Waals surface area contributed by atoms with E-state index in [0.29, 0.717) is 17.3 Å². The maximum Gasteiger partial charge on any atom is 0.266 e. The van der Waals surface area contributed by atoms with E-state index in [1.165, 1.54) is 4.90 Å². The Bertz CT molecular complexity index is 958. The van der Waals surface area contributed by atoms with Crippen LogP contribution in [0.5, 0.6) is 0 Å². The molecule has 0 bridgehead atoms. The molecule has 0 saturated heterocycles. The third-order valence-corrected chi connectivity index (χ3v) is 4.50. The third-order valence-electron chi connectivity index (χ3n) is 4.50. The Hall–Kier alpha value is -3.33. The molecule has 1 heterocycles. The van der Waals surface area contributed by atoms with Crippen molar-refractivity contribution in [3.8, 4) is 6.07 Å². The molecule has 6 nitrogen and oxygen atoms in total. The molecule has 6 heteroatoms. The fraction of sp³-hybridized carbons (Fsp3) is 0.318. The first-order valence-corrected chi connectivity index (χ1v) is 9.09. The Morgan fingerprint density at radius 2 is 1.79 bits per heavy atom. The van der Waals surface area contributed by atoms with Crippen molar-refractivity contribution in [2.45, 2.75) is 33.7 Å². The van der Waals surface area contributed by atoms with Gasteiger partial charge in [-0.25, -0.2) is 0 Å². The number of amides is 2. The number of nitrogens with one attached hydrogen (secondary N) is 1. The molecule has 0 aliphatic rings. The minimum Gasteiger partial charge on any atom is -0.346 e. The lowest BCUT2D eigenvalue weighted by molar-refractivity contribution is -0.112. The van der Waals surface area contributed by atoms with Crippen LogP contribution in [0.4, 0.5) is 5.69 Å². The van der Waals surface area contributed by atoms with Gasteiger partial charge in [0.2, 0.25) is 0 Å². The van der Waals surface area contributed by atoms with Crippen molar-refractivity contribution < 1.29 is 9.59 Å². The predicted octanol–water partition coefficient (Wildman–Crippen LogP) is 3.93. The number of benzene rings is 1. The van der Waals surface area contributed by atoms with E-state index in [-0.39, 0.29) is 11.5 Å². The highest BCUT2D eigenvalue weighted by atomic mass is 16.2. The second-order valence-electron chi connectivity index (χ2n) is 7.19. The minimum absolute atomic E-state index is 0.0254. The maximum atomic E-state index is 12.5. The van der Waals surface area contributed by atoms with E-state index in [9.17, 15) is 14.9 Å². The monoisotopic (exact) mass is 378 g/mol. The first kappa shape index (κ1) is 21.0. The summed E-state index contributed by atoms with van der Waals surface area (Å²) in [5.41, 5.74) is 4.02. The fourth-order valence-corrected chi connectivity index (χ4v) is 3.20. The van der Waals surface area contributed by atoms with E-state index in [2.05, 4.69) is 23.7 Å². The molecule has 2 rings (SSSR count). The Balaban J connectivity index is 2.23. The number of hydrogen-bond acceptors (Lipinski definition) is 3. The summed E-state index contributed by atoms with van der Waals surface area (Å²) < 4.78 is 2.17. The summed E-state index contributed by atoms with van der Waals surface area (Å²) >= 11 is 0. The van der Waals surface area contributed by atoms with Gasteiger partial charge < -0.3 is 14.8 Å². The van der Waals surface area contributed by atoms with Gasteiger partial charge in [0, 0.05) is 42.8 Å². The summed E-state index contributed by atoms with van der Waals surface area (Å²) in [5, 5.41) is 12.2. The van der Waals surface area contributed by atoms with Crippen molar-refractivity contribution in [1.29, 1.82) is 5.26 Å². The van der Waals surface area contributed by atoms with Crippen LogP contribution in [0.1, 0.15) is 47.2 Å². The predicted molar refractivity (Wildman–Crippen MR) is 111 cm³/mol. The largest absolute Gasteiger partial charge is 0.346 e. The van der Waals surface area contributed by atoms with Gasteiger partial charge in [0.15, 0.2) is 0 Å². The Morgan fingerprint density at radius 1 is 1.18 bits per heavy atom. The van der Waals surface area contributed by atoms with Crippen LogP contribution < -0.4 is 5.32 Å². The molecular weight excluding hydrogens is 352 g/mol. The van der Waals surface area contributed by atoms with E-state index in [1.54, 1.807) is 44.4 Å². The highest BCUT2D eigenvalue weighted by Gasteiger charge is 2.15. The van der Waals surface area contributed by atoms with Crippen LogP contribution in [0.15, 0.2) is 35.9 Å². The van der Waals surface area contributed by atoms with E-state index in [4.69, 9.17) is 0 Å². The molecule has 146 valence electrons. The summed E-state index contributed by atoms with van der Waals surface area (Å²) in [6.45, 7) is 8.17. The third kappa shape index (κ3) is 4.49. The van der Waals surface area contributed by atoms with Crippen LogP contribution in [0.3, 0.4) is 0 Å². The molecule has 0 aliphatic heterocycles. The lowest BCUT2D eigenvalue weighted by Gasteiger charge is -2.13. The standard InChI is InChI=1S/C22H26N4O2/c1-14(2)26-15(3)11-18(16(26)4)12-19(13-23)21(27)24-20-9-7-17(8-10-20)22(28)25(5)6/h7-12,14H,1-6H3,(H,24,27)/b19-12+. The average Bonchev–Trinajstić information content (AvgIpc) is 2.92. The van der Waals surface area contributed by atoms with Crippen LogP contribution in [0, 0.1) is 25.2 Å². The molecular formula is C22H26N4O2. The van der Waals surface area contributed by atoms with Crippen molar-refractivity contribution >= 4 is 23.6 Å². The van der Waals surface area contributed by atoms with Crippen molar-refractivity contribution in [2.24, 2.45) is 0 Å². The van der Waals surface area contributed by atoms with E-state index >= 15 is 0 Å². The maximum absolute atomic E-state index is 12.5. The zero-order valence-corrected chi connectivity index (χ0v) is 17.2. The van der Waals surface area contributed by atoms with Crippen molar-refractivity contribution in [2.75, 3.05) is 19.4 Å². The highest BCUT2D eigenvalue weighted by Crippen LogP contribution is 2.22. The Morgan fingerprint density at radius 3 is 2.25 bits per heavy atom. The molecule has 2 amide bonds. The molecule has 1 N–H and O–H groups in total. The fourth-order valence-electron chi connectivity index (χ4n) is 3.20. The molecule has 0 spiro atoms. The summed E-state index contributed by atoms with van der Waals surface area (Å²) in [6, 6.07) is 10.8. The number of nitrogens with zero attached hydrogens (tertiary/aromatic N) is 3. The molecule has 28 heavy (non-hydrogen) atoms. The first-order valence-electron chi connectivity index (χ1n) is 9.09. The molecule has 0 aliphatic carbocycles. The van der Waals surface area contributed by atoms with Crippen LogP contribution in [-0.2, 0) is 4.79 Å². The molecule has 0 atom stereocenters. The summed E-state index contributed by atoms with van der Waals surface area (Å²) in [6.07, 6.45) is 1.61. The van der Waals surface area contributed by atoms with Gasteiger partial charge in [-0.05, 0) is 69.7 Å². The molecule has 0 fully saturated rings. The molecule has 0 unspecified atom stereocenters. The number of aryl methyl sites for hydroxylation is 1. The van der Waals surface area contributed by atoms with Crippen molar-refractivity contribution in [1.82, 2.24) is 9.47 Å². The Labute approximate surface area is 166 Å². The van der Waals surface area contributed by atoms with Gasteiger partial charge in [-0.15, -0.1) is 0 Å². The molecule has 0 saturated carbocycles. The number of nitriles is 1. The minimum atomic E-state index is -0.483. The van der Waals surface area contributed by atoms with E-state index in [1.807, 2.05) is 26.0 Å². The number of carbonyl (C=O) groups excluding carboxylic acids is 2. The number of hydrogen-bond donors (Lipinski definition) is 1. The topological polar surface area (TPSA) is 78.1 Å². The van der Waals surface area contributed by atoms with Crippen LogP contribution in [0.2, 0.25) is 0 Å². The van der Waals surface area contributed by atoms with Crippen LogP contribution >= 0.6 is 0 Å². The van der Waals surface area contributed by atoms with Gasteiger partial charge in [0.1, 0.15) is 11.6 Å². The number of rotatable bonds is 5. The lowest BCUT2D eigenvalue weighted by atomic mass is 10.1. The van der Waals surface area contributed by atoms with Crippen molar-refractivity contribution in [3.05, 3.63) is 58.4 Å². The van der Waals surface area contributed by atoms with Gasteiger partial charge in [0.05, 0.1) is 0 Å². The van der Waals surface area contributed by atoms with Crippen LogP contribution in [-0.4, -0.2) is 35.4 Å². The number of aromatic nitrogens is 1. The van der Waals surface area contributed by atoms with Gasteiger partial charge >= 0.3 is 0 Å². The zero-order valence-electron chi connectivity index (χ0n) is 17.2.